The van der Waals surface area contributed by atoms with Crippen LogP contribution in [-0.4, -0.2) is 48.4 Å². The first-order valence-corrected chi connectivity index (χ1v) is 9.33. The van der Waals surface area contributed by atoms with Gasteiger partial charge in [-0.15, -0.1) is 10.2 Å². The molecule has 9 heteroatoms. The molecule has 1 aliphatic heterocycles. The average molecular weight is 398 g/mol. The third-order valence-electron chi connectivity index (χ3n) is 4.95. The van der Waals surface area contributed by atoms with Crippen molar-refractivity contribution in [3.05, 3.63) is 42.5 Å². The fourth-order valence-corrected chi connectivity index (χ4v) is 3.41. The van der Waals surface area contributed by atoms with Crippen LogP contribution in [0.3, 0.4) is 0 Å². The molecule has 1 aromatic carbocycles. The number of furan rings is 1. The number of nitrogens with zero attached hydrogens (tertiary/aromatic N) is 3. The standard InChI is InChI=1S/C20H22N4O5/c1-26-15-6-3-5-14(17(15)27-2)21-20(25)24-10-8-13(9-11-24)18-22-23-19(29-18)16-7-4-12-28-16/h3-7,12-13H,8-11H2,1-2H3,(H,21,25). The molecule has 0 bridgehead atoms. The van der Waals surface area contributed by atoms with Crippen LogP contribution in [0, 0.1) is 0 Å². The van der Waals surface area contributed by atoms with E-state index < -0.39 is 0 Å². The first-order valence-electron chi connectivity index (χ1n) is 9.33. The van der Waals surface area contributed by atoms with Crippen LogP contribution < -0.4 is 14.8 Å². The minimum absolute atomic E-state index is 0.113. The van der Waals surface area contributed by atoms with Crippen molar-refractivity contribution in [1.29, 1.82) is 0 Å². The number of carbonyl (C=O) groups excluding carboxylic acids is 1. The number of likely N-dealkylation sites (tertiary alicyclic amines) is 1. The van der Waals surface area contributed by atoms with Crippen LogP contribution in [0.15, 0.2) is 45.4 Å². The highest BCUT2D eigenvalue weighted by molar-refractivity contribution is 5.91. The molecule has 0 atom stereocenters. The highest BCUT2D eigenvalue weighted by atomic mass is 16.5. The molecule has 0 unspecified atom stereocenters. The zero-order valence-corrected chi connectivity index (χ0v) is 16.3. The Morgan fingerprint density at radius 2 is 1.97 bits per heavy atom. The van der Waals surface area contributed by atoms with E-state index >= 15 is 0 Å². The SMILES string of the molecule is COc1cccc(NC(=O)N2CCC(c3nnc(-c4ccco4)o3)CC2)c1OC. The number of urea groups is 1. The Morgan fingerprint density at radius 3 is 2.66 bits per heavy atom. The quantitative estimate of drug-likeness (QED) is 0.698. The van der Waals surface area contributed by atoms with Crippen molar-refractivity contribution < 1.29 is 23.1 Å². The van der Waals surface area contributed by atoms with Crippen LogP contribution in [0.2, 0.25) is 0 Å². The van der Waals surface area contributed by atoms with Crippen molar-refractivity contribution in [2.75, 3.05) is 32.6 Å². The zero-order chi connectivity index (χ0) is 20.2. The predicted molar refractivity (Wildman–Crippen MR) is 104 cm³/mol. The highest BCUT2D eigenvalue weighted by Gasteiger charge is 2.28. The molecule has 0 aliphatic carbocycles. The minimum atomic E-state index is -0.184. The van der Waals surface area contributed by atoms with Crippen molar-refractivity contribution >= 4 is 11.7 Å². The number of rotatable bonds is 5. The third kappa shape index (κ3) is 3.89. The lowest BCUT2D eigenvalue weighted by atomic mass is 9.97. The molecule has 1 aliphatic rings. The molecule has 3 aromatic rings. The van der Waals surface area contributed by atoms with E-state index in [1.165, 1.54) is 0 Å². The molecule has 9 nitrogen and oxygen atoms in total. The summed E-state index contributed by atoms with van der Waals surface area (Å²) < 4.78 is 21.7. The van der Waals surface area contributed by atoms with E-state index in [0.717, 1.165) is 12.8 Å². The fourth-order valence-electron chi connectivity index (χ4n) is 3.41. The molecule has 2 amide bonds. The molecule has 0 saturated carbocycles. The van der Waals surface area contributed by atoms with Gasteiger partial charge in [-0.05, 0) is 37.1 Å². The number of ether oxygens (including phenoxy) is 2. The summed E-state index contributed by atoms with van der Waals surface area (Å²) in [7, 11) is 3.10. The first-order chi connectivity index (χ1) is 14.2. The van der Waals surface area contributed by atoms with Crippen LogP contribution in [0.25, 0.3) is 11.7 Å². The molecular weight excluding hydrogens is 376 g/mol. The lowest BCUT2D eigenvalue weighted by Gasteiger charge is -2.30. The summed E-state index contributed by atoms with van der Waals surface area (Å²) in [6.07, 6.45) is 3.04. The van der Waals surface area contributed by atoms with E-state index in [1.54, 1.807) is 55.7 Å². The van der Waals surface area contributed by atoms with Crippen molar-refractivity contribution in [2.45, 2.75) is 18.8 Å². The number of hydrogen-bond acceptors (Lipinski definition) is 7. The summed E-state index contributed by atoms with van der Waals surface area (Å²) in [6.45, 7) is 1.17. The number of hydrogen-bond donors (Lipinski definition) is 1. The summed E-state index contributed by atoms with van der Waals surface area (Å²) in [5.41, 5.74) is 0.568. The molecule has 4 rings (SSSR count). The van der Waals surface area contributed by atoms with Gasteiger partial charge in [-0.1, -0.05) is 6.07 Å². The Labute approximate surface area is 167 Å². The van der Waals surface area contributed by atoms with Crippen molar-refractivity contribution in [3.63, 3.8) is 0 Å². The molecule has 0 spiro atoms. The fraction of sp³-hybridized carbons (Fsp3) is 0.350. The van der Waals surface area contributed by atoms with Gasteiger partial charge >= 0.3 is 6.03 Å². The largest absolute Gasteiger partial charge is 0.493 e. The van der Waals surface area contributed by atoms with E-state index in [-0.39, 0.29) is 11.9 Å². The zero-order valence-electron chi connectivity index (χ0n) is 16.3. The second-order valence-electron chi connectivity index (χ2n) is 6.66. The van der Waals surface area contributed by atoms with Crippen LogP contribution in [0.1, 0.15) is 24.7 Å². The topological polar surface area (TPSA) is 103 Å². The normalized spacial score (nSPS) is 14.6. The maximum Gasteiger partial charge on any atom is 0.321 e. The molecule has 0 radical (unpaired) electrons. The van der Waals surface area contributed by atoms with Crippen molar-refractivity contribution in [2.24, 2.45) is 0 Å². The second kappa shape index (κ2) is 8.26. The first kappa shape index (κ1) is 18.9. The maximum atomic E-state index is 12.7. The predicted octanol–water partition coefficient (Wildman–Crippen LogP) is 3.76. The summed E-state index contributed by atoms with van der Waals surface area (Å²) in [5.74, 6) is 2.66. The molecule has 1 saturated heterocycles. The number of piperidine rings is 1. The third-order valence-corrected chi connectivity index (χ3v) is 4.95. The number of para-hydroxylation sites is 1. The van der Waals surface area contributed by atoms with Crippen molar-refractivity contribution in [1.82, 2.24) is 15.1 Å². The monoisotopic (exact) mass is 398 g/mol. The lowest BCUT2D eigenvalue weighted by Crippen LogP contribution is -2.40. The van der Waals surface area contributed by atoms with Gasteiger partial charge in [0.25, 0.3) is 5.89 Å². The Balaban J connectivity index is 1.37. The van der Waals surface area contributed by atoms with Crippen LogP contribution in [0.5, 0.6) is 11.5 Å². The van der Waals surface area contributed by atoms with Crippen LogP contribution in [0.4, 0.5) is 10.5 Å². The van der Waals surface area contributed by atoms with Gasteiger partial charge in [-0.25, -0.2) is 4.79 Å². The number of amides is 2. The minimum Gasteiger partial charge on any atom is -0.493 e. The Morgan fingerprint density at radius 1 is 1.14 bits per heavy atom. The lowest BCUT2D eigenvalue weighted by molar-refractivity contribution is 0.190. The van der Waals surface area contributed by atoms with E-state index in [4.69, 9.17) is 18.3 Å². The van der Waals surface area contributed by atoms with Gasteiger partial charge in [0.2, 0.25) is 5.89 Å². The van der Waals surface area contributed by atoms with E-state index in [9.17, 15) is 4.79 Å². The Bertz CT molecular complexity index is 961. The number of aromatic nitrogens is 2. The Hall–Kier alpha value is -3.49. The summed E-state index contributed by atoms with van der Waals surface area (Å²) in [4.78, 5) is 14.5. The molecular formula is C20H22N4O5. The second-order valence-corrected chi connectivity index (χ2v) is 6.66. The molecule has 1 N–H and O–H groups in total. The molecule has 2 aromatic heterocycles. The van der Waals surface area contributed by atoms with Gasteiger partial charge in [-0.2, -0.15) is 0 Å². The van der Waals surface area contributed by atoms with Gasteiger partial charge in [0.1, 0.15) is 0 Å². The van der Waals surface area contributed by atoms with E-state index in [2.05, 4.69) is 15.5 Å². The van der Waals surface area contributed by atoms with Gasteiger partial charge in [0.05, 0.1) is 26.2 Å². The highest BCUT2D eigenvalue weighted by Crippen LogP contribution is 2.35. The van der Waals surface area contributed by atoms with Crippen LogP contribution >= 0.6 is 0 Å². The van der Waals surface area contributed by atoms with Gasteiger partial charge in [0.15, 0.2) is 17.3 Å². The number of nitrogens with one attached hydrogen (secondary N) is 1. The number of methoxy groups -OCH3 is 2. The maximum absolute atomic E-state index is 12.7. The average Bonchev–Trinajstić information content (AvgIpc) is 3.45. The van der Waals surface area contributed by atoms with Crippen LogP contribution in [-0.2, 0) is 0 Å². The van der Waals surface area contributed by atoms with Gasteiger partial charge < -0.3 is 28.5 Å². The smallest absolute Gasteiger partial charge is 0.321 e. The molecule has 152 valence electrons. The summed E-state index contributed by atoms with van der Waals surface area (Å²) in [5, 5.41) is 11.1. The molecule has 29 heavy (non-hydrogen) atoms. The van der Waals surface area contributed by atoms with Gasteiger partial charge in [0, 0.05) is 19.0 Å². The summed E-state index contributed by atoms with van der Waals surface area (Å²) in [6, 6.07) is 8.72. The van der Waals surface area contributed by atoms with Gasteiger partial charge in [-0.3, -0.25) is 0 Å². The van der Waals surface area contributed by atoms with E-state index in [1.807, 2.05) is 0 Å². The molecule has 1 fully saturated rings. The number of carbonyl (C=O) groups is 1. The number of anilines is 1. The van der Waals surface area contributed by atoms with Crippen molar-refractivity contribution in [3.8, 4) is 23.1 Å². The van der Waals surface area contributed by atoms with E-state index in [0.29, 0.717) is 47.8 Å². The number of benzene rings is 1. The Kier molecular flexibility index (Phi) is 5.37. The summed E-state index contributed by atoms with van der Waals surface area (Å²) >= 11 is 0. The molecule has 3 heterocycles.